The number of H-pyrrole nitrogens is 2. The molecule has 4 N–H and O–H groups in total. The molecule has 4 aromatic rings. The molecule has 144 valence electrons. The molecular weight excluding hydrogens is 380 g/mol. The molecule has 0 aliphatic rings. The number of aromatic amines is 2. The van der Waals surface area contributed by atoms with E-state index < -0.39 is 0 Å². The standard InChI is InChI=1S/C19H18N4O4S/c1-26-7-8-27-17-10-13-14(20-17)3-2-4-15(13)23-18(21-22-19(23)28)12-6-5-11(24)9-16(12)25/h2-6,9-10,20,24-25H,7-8H2,1H3,(H,22,28). The lowest BCUT2D eigenvalue weighted by Crippen LogP contribution is -2.04. The van der Waals surface area contributed by atoms with Gasteiger partial charge in [-0.1, -0.05) is 6.07 Å². The zero-order valence-electron chi connectivity index (χ0n) is 15.0. The number of rotatable bonds is 6. The van der Waals surface area contributed by atoms with Gasteiger partial charge in [0.05, 0.1) is 23.4 Å². The van der Waals surface area contributed by atoms with E-state index in [1.807, 2.05) is 24.3 Å². The average molecular weight is 398 g/mol. The molecule has 0 saturated heterocycles. The molecule has 0 spiro atoms. The summed E-state index contributed by atoms with van der Waals surface area (Å²) in [6, 6.07) is 11.9. The Morgan fingerprint density at radius 2 is 2.00 bits per heavy atom. The van der Waals surface area contributed by atoms with Crippen LogP contribution in [0.4, 0.5) is 0 Å². The molecule has 2 aromatic heterocycles. The maximum atomic E-state index is 10.3. The van der Waals surface area contributed by atoms with Crippen LogP contribution in [0, 0.1) is 4.77 Å². The number of aromatic hydroxyl groups is 2. The van der Waals surface area contributed by atoms with Gasteiger partial charge in [0, 0.05) is 24.6 Å². The molecule has 0 unspecified atom stereocenters. The van der Waals surface area contributed by atoms with Crippen molar-refractivity contribution in [1.82, 2.24) is 19.7 Å². The average Bonchev–Trinajstić information content (AvgIpc) is 3.25. The van der Waals surface area contributed by atoms with Gasteiger partial charge in [0.2, 0.25) is 0 Å². The Balaban J connectivity index is 1.85. The zero-order chi connectivity index (χ0) is 19.7. The van der Waals surface area contributed by atoms with E-state index in [0.29, 0.717) is 35.3 Å². The van der Waals surface area contributed by atoms with E-state index in [1.165, 1.54) is 12.1 Å². The summed E-state index contributed by atoms with van der Waals surface area (Å²) in [7, 11) is 1.62. The summed E-state index contributed by atoms with van der Waals surface area (Å²) >= 11 is 5.44. The van der Waals surface area contributed by atoms with E-state index in [0.717, 1.165) is 16.6 Å². The fourth-order valence-corrected chi connectivity index (χ4v) is 3.26. The second-order valence-electron chi connectivity index (χ2n) is 6.10. The number of phenols is 2. The van der Waals surface area contributed by atoms with Crippen LogP contribution in [-0.2, 0) is 4.74 Å². The Morgan fingerprint density at radius 3 is 2.79 bits per heavy atom. The molecular formula is C19H18N4O4S. The summed E-state index contributed by atoms with van der Waals surface area (Å²) in [6.07, 6.45) is 0. The van der Waals surface area contributed by atoms with Gasteiger partial charge in [-0.3, -0.25) is 9.67 Å². The largest absolute Gasteiger partial charge is 0.508 e. The number of benzene rings is 2. The van der Waals surface area contributed by atoms with Gasteiger partial charge >= 0.3 is 0 Å². The van der Waals surface area contributed by atoms with E-state index >= 15 is 0 Å². The van der Waals surface area contributed by atoms with E-state index in [4.69, 9.17) is 21.7 Å². The minimum atomic E-state index is -0.0971. The Kier molecular flexibility index (Phi) is 4.76. The predicted molar refractivity (Wildman–Crippen MR) is 107 cm³/mol. The number of fused-ring (bicyclic) bond motifs is 1. The normalized spacial score (nSPS) is 11.2. The van der Waals surface area contributed by atoms with Gasteiger partial charge in [0.25, 0.3) is 0 Å². The number of phenolic OH excluding ortho intramolecular Hbond substituents is 2. The zero-order valence-corrected chi connectivity index (χ0v) is 15.8. The van der Waals surface area contributed by atoms with Gasteiger partial charge in [-0.25, -0.2) is 0 Å². The number of methoxy groups -OCH3 is 1. The summed E-state index contributed by atoms with van der Waals surface area (Å²) in [6.45, 7) is 0.912. The van der Waals surface area contributed by atoms with Crippen molar-refractivity contribution in [2.75, 3.05) is 20.3 Å². The highest BCUT2D eigenvalue weighted by atomic mass is 32.1. The van der Waals surface area contributed by atoms with E-state index in [-0.39, 0.29) is 11.5 Å². The lowest BCUT2D eigenvalue weighted by Gasteiger charge is -2.09. The van der Waals surface area contributed by atoms with Crippen molar-refractivity contribution in [1.29, 1.82) is 0 Å². The molecule has 8 nitrogen and oxygen atoms in total. The van der Waals surface area contributed by atoms with Crippen LogP contribution in [0.15, 0.2) is 42.5 Å². The summed E-state index contributed by atoms with van der Waals surface area (Å²) in [4.78, 5) is 3.22. The maximum absolute atomic E-state index is 10.3. The second-order valence-corrected chi connectivity index (χ2v) is 6.49. The van der Waals surface area contributed by atoms with Crippen LogP contribution >= 0.6 is 12.2 Å². The molecule has 0 amide bonds. The van der Waals surface area contributed by atoms with Crippen LogP contribution < -0.4 is 4.74 Å². The molecule has 4 rings (SSSR count). The van der Waals surface area contributed by atoms with Crippen molar-refractivity contribution in [2.24, 2.45) is 0 Å². The quantitative estimate of drug-likeness (QED) is 0.292. The van der Waals surface area contributed by atoms with Crippen LogP contribution in [0.1, 0.15) is 0 Å². The molecule has 28 heavy (non-hydrogen) atoms. The van der Waals surface area contributed by atoms with Crippen molar-refractivity contribution in [3.05, 3.63) is 47.2 Å². The molecule has 0 aliphatic heterocycles. The highest BCUT2D eigenvalue weighted by Crippen LogP contribution is 2.34. The topological polar surface area (TPSA) is 108 Å². The van der Waals surface area contributed by atoms with Gasteiger partial charge < -0.3 is 24.7 Å². The molecule has 0 radical (unpaired) electrons. The summed E-state index contributed by atoms with van der Waals surface area (Å²) in [5.41, 5.74) is 2.08. The van der Waals surface area contributed by atoms with Crippen molar-refractivity contribution in [3.63, 3.8) is 0 Å². The van der Waals surface area contributed by atoms with Crippen molar-refractivity contribution in [3.8, 4) is 34.5 Å². The molecule has 0 atom stereocenters. The van der Waals surface area contributed by atoms with E-state index in [2.05, 4.69) is 15.2 Å². The van der Waals surface area contributed by atoms with Crippen LogP contribution in [0.25, 0.3) is 28.0 Å². The number of nitrogens with one attached hydrogen (secondary N) is 2. The third-order valence-corrected chi connectivity index (χ3v) is 4.57. The summed E-state index contributed by atoms with van der Waals surface area (Å²) in [5.74, 6) is 0.911. The Morgan fingerprint density at radius 1 is 1.14 bits per heavy atom. The van der Waals surface area contributed by atoms with E-state index in [9.17, 15) is 10.2 Å². The van der Waals surface area contributed by atoms with Gasteiger partial charge in [-0.2, -0.15) is 5.10 Å². The van der Waals surface area contributed by atoms with E-state index in [1.54, 1.807) is 17.7 Å². The van der Waals surface area contributed by atoms with Crippen LogP contribution in [-0.4, -0.2) is 50.3 Å². The Hall–Kier alpha value is -3.30. The summed E-state index contributed by atoms with van der Waals surface area (Å²) in [5, 5.41) is 27.8. The Labute approximate surface area is 165 Å². The highest BCUT2D eigenvalue weighted by molar-refractivity contribution is 7.71. The summed E-state index contributed by atoms with van der Waals surface area (Å²) < 4.78 is 12.8. The fraction of sp³-hybridized carbons (Fsp3) is 0.158. The maximum Gasteiger partial charge on any atom is 0.200 e. The van der Waals surface area contributed by atoms with Gasteiger partial charge in [-0.05, 0) is 36.5 Å². The molecule has 9 heteroatoms. The fourth-order valence-electron chi connectivity index (χ4n) is 3.03. The predicted octanol–water partition coefficient (Wildman–Crippen LogP) is 3.51. The monoisotopic (exact) mass is 398 g/mol. The first-order chi connectivity index (χ1) is 13.6. The first-order valence-electron chi connectivity index (χ1n) is 8.52. The minimum Gasteiger partial charge on any atom is -0.508 e. The molecule has 0 fully saturated rings. The molecule has 2 aromatic carbocycles. The van der Waals surface area contributed by atoms with Crippen molar-refractivity contribution >= 4 is 23.1 Å². The smallest absolute Gasteiger partial charge is 0.200 e. The van der Waals surface area contributed by atoms with Gasteiger partial charge in [-0.15, -0.1) is 0 Å². The van der Waals surface area contributed by atoms with Gasteiger partial charge in [0.15, 0.2) is 16.5 Å². The molecule has 0 bridgehead atoms. The van der Waals surface area contributed by atoms with Crippen molar-refractivity contribution < 1.29 is 19.7 Å². The highest BCUT2D eigenvalue weighted by Gasteiger charge is 2.17. The van der Waals surface area contributed by atoms with Crippen LogP contribution in [0.3, 0.4) is 0 Å². The van der Waals surface area contributed by atoms with Crippen molar-refractivity contribution in [2.45, 2.75) is 0 Å². The number of hydrogen-bond donors (Lipinski definition) is 4. The molecule has 0 aliphatic carbocycles. The lowest BCUT2D eigenvalue weighted by molar-refractivity contribution is 0.144. The lowest BCUT2D eigenvalue weighted by atomic mass is 10.1. The first-order valence-corrected chi connectivity index (χ1v) is 8.93. The molecule has 0 saturated carbocycles. The van der Waals surface area contributed by atoms with Crippen LogP contribution in [0.2, 0.25) is 0 Å². The van der Waals surface area contributed by atoms with Crippen LogP contribution in [0.5, 0.6) is 17.4 Å². The molecule has 2 heterocycles. The number of aromatic nitrogens is 4. The Bertz CT molecular complexity index is 1190. The number of nitrogens with zero attached hydrogens (tertiary/aromatic N) is 2. The number of ether oxygens (including phenoxy) is 2. The SMILES string of the molecule is COCCOc1cc2c(-n3c(-c4ccc(O)cc4O)n[nH]c3=S)cccc2[nH]1. The minimum absolute atomic E-state index is 0.0347. The number of hydrogen-bond acceptors (Lipinski definition) is 6. The third-order valence-electron chi connectivity index (χ3n) is 4.30. The second kappa shape index (κ2) is 7.37. The first kappa shape index (κ1) is 18.1. The van der Waals surface area contributed by atoms with Gasteiger partial charge in [0.1, 0.15) is 18.1 Å². The third kappa shape index (κ3) is 3.21.